The Morgan fingerprint density at radius 3 is 2.00 bits per heavy atom. The Morgan fingerprint density at radius 2 is 1.57 bits per heavy atom. The first-order valence-corrected chi connectivity index (χ1v) is 5.26. The molecule has 0 amide bonds. The van der Waals surface area contributed by atoms with Gasteiger partial charge < -0.3 is 11.5 Å². The van der Waals surface area contributed by atoms with Gasteiger partial charge in [-0.05, 0) is 12.1 Å². The van der Waals surface area contributed by atoms with Gasteiger partial charge in [0.25, 0.3) is 0 Å². The van der Waals surface area contributed by atoms with Crippen LogP contribution in [-0.4, -0.2) is 14.8 Å². The Labute approximate surface area is 113 Å². The van der Waals surface area contributed by atoms with Gasteiger partial charge in [-0.15, -0.1) is 0 Å². The first-order chi connectivity index (χ1) is 9.50. The molecule has 5 nitrogen and oxygen atoms in total. The van der Waals surface area contributed by atoms with Gasteiger partial charge in [-0.25, -0.2) is 4.98 Å². The van der Waals surface area contributed by atoms with Crippen LogP contribution in [0.2, 0.25) is 0 Å². The molecule has 0 aliphatic heterocycles. The number of anilines is 2. The van der Waals surface area contributed by atoms with E-state index in [2.05, 4.69) is 10.1 Å². The fraction of sp³-hybridized carbons (Fsp3) is 0.200. The lowest BCUT2D eigenvalue weighted by atomic mass is 10.2. The highest BCUT2D eigenvalue weighted by molar-refractivity contribution is 5.60. The van der Waals surface area contributed by atoms with Gasteiger partial charge in [0.1, 0.15) is 5.69 Å². The van der Waals surface area contributed by atoms with Crippen molar-refractivity contribution in [1.82, 2.24) is 14.8 Å². The van der Waals surface area contributed by atoms with Crippen LogP contribution in [-0.2, 0) is 12.4 Å². The van der Waals surface area contributed by atoms with Crippen molar-refractivity contribution in [2.45, 2.75) is 12.4 Å². The lowest BCUT2D eigenvalue weighted by Crippen LogP contribution is -2.16. The molecule has 0 aliphatic carbocycles. The van der Waals surface area contributed by atoms with E-state index in [9.17, 15) is 26.3 Å². The maximum atomic E-state index is 12.7. The number of aromatic nitrogens is 3. The second-order valence-corrected chi connectivity index (χ2v) is 3.99. The summed E-state index contributed by atoms with van der Waals surface area (Å²) in [6.45, 7) is 0. The summed E-state index contributed by atoms with van der Waals surface area (Å²) in [5, 5.41) is 3.50. The number of alkyl halides is 6. The first kappa shape index (κ1) is 14.9. The van der Waals surface area contributed by atoms with Crippen LogP contribution in [0.25, 0.3) is 5.82 Å². The van der Waals surface area contributed by atoms with Gasteiger partial charge in [0, 0.05) is 0 Å². The number of nitrogen functional groups attached to an aromatic ring is 2. The van der Waals surface area contributed by atoms with Crippen molar-refractivity contribution in [3.63, 3.8) is 0 Å². The van der Waals surface area contributed by atoms with Crippen LogP contribution < -0.4 is 11.5 Å². The molecule has 0 spiro atoms. The molecule has 114 valence electrons. The van der Waals surface area contributed by atoms with Crippen molar-refractivity contribution in [1.29, 1.82) is 0 Å². The second kappa shape index (κ2) is 4.53. The normalized spacial score (nSPS) is 12.7. The molecular weight excluding hydrogens is 304 g/mol. The molecule has 0 atom stereocenters. The van der Waals surface area contributed by atoms with Crippen molar-refractivity contribution < 1.29 is 26.3 Å². The molecule has 21 heavy (non-hydrogen) atoms. The van der Waals surface area contributed by atoms with Crippen molar-refractivity contribution in [3.8, 4) is 5.82 Å². The quantitative estimate of drug-likeness (QED) is 0.793. The standard InChI is InChI=1S/C10H7F6N5/c11-9(12,13)4-1-6(10(14,15)16)20-7(2-4)21-8(18)5(17)3-19-21/h1-3H,17-18H2. The smallest absolute Gasteiger partial charge is 0.394 e. The summed E-state index contributed by atoms with van der Waals surface area (Å²) in [7, 11) is 0. The SMILES string of the molecule is Nc1cnn(-c2cc(C(F)(F)F)cc(C(F)(F)F)n2)c1N. The van der Waals surface area contributed by atoms with E-state index in [4.69, 9.17) is 11.5 Å². The topological polar surface area (TPSA) is 82.8 Å². The molecule has 0 fully saturated rings. The highest BCUT2D eigenvalue weighted by Gasteiger charge is 2.38. The average molecular weight is 311 g/mol. The van der Waals surface area contributed by atoms with E-state index in [1.54, 1.807) is 0 Å². The Kier molecular flexibility index (Phi) is 3.22. The monoisotopic (exact) mass is 311 g/mol. The van der Waals surface area contributed by atoms with Crippen molar-refractivity contribution in [2.24, 2.45) is 0 Å². The summed E-state index contributed by atoms with van der Waals surface area (Å²) in [6, 6.07) is 0.310. The van der Waals surface area contributed by atoms with Crippen molar-refractivity contribution in [2.75, 3.05) is 11.5 Å². The van der Waals surface area contributed by atoms with E-state index in [-0.39, 0.29) is 17.6 Å². The van der Waals surface area contributed by atoms with Gasteiger partial charge >= 0.3 is 12.4 Å². The van der Waals surface area contributed by atoms with Gasteiger partial charge in [0.2, 0.25) is 0 Å². The maximum Gasteiger partial charge on any atom is 0.433 e. The van der Waals surface area contributed by atoms with Crippen LogP contribution >= 0.6 is 0 Å². The molecule has 2 aromatic rings. The molecule has 11 heteroatoms. The zero-order valence-electron chi connectivity index (χ0n) is 10.00. The number of pyridine rings is 1. The summed E-state index contributed by atoms with van der Waals surface area (Å²) < 4.78 is 76.6. The lowest BCUT2D eigenvalue weighted by Gasteiger charge is -2.13. The second-order valence-electron chi connectivity index (χ2n) is 3.99. The van der Waals surface area contributed by atoms with Gasteiger partial charge in [0.05, 0.1) is 17.4 Å². The number of hydrogen-bond acceptors (Lipinski definition) is 4. The zero-order chi connectivity index (χ0) is 16.0. The molecular formula is C10H7F6N5. The first-order valence-electron chi connectivity index (χ1n) is 5.26. The fourth-order valence-electron chi connectivity index (χ4n) is 1.49. The van der Waals surface area contributed by atoms with Crippen LogP contribution in [0.1, 0.15) is 11.3 Å². The average Bonchev–Trinajstić information content (AvgIpc) is 2.67. The van der Waals surface area contributed by atoms with E-state index >= 15 is 0 Å². The highest BCUT2D eigenvalue weighted by atomic mass is 19.4. The fourth-order valence-corrected chi connectivity index (χ4v) is 1.49. The minimum atomic E-state index is -5.05. The third kappa shape index (κ3) is 2.85. The van der Waals surface area contributed by atoms with Gasteiger partial charge in [-0.1, -0.05) is 0 Å². The van der Waals surface area contributed by atoms with Crippen molar-refractivity contribution in [3.05, 3.63) is 29.6 Å². The third-order valence-corrected chi connectivity index (χ3v) is 2.48. The van der Waals surface area contributed by atoms with Gasteiger partial charge in [-0.3, -0.25) is 0 Å². The predicted molar refractivity (Wildman–Crippen MR) is 60.2 cm³/mol. The Morgan fingerprint density at radius 1 is 0.952 bits per heavy atom. The molecule has 0 bridgehead atoms. The highest BCUT2D eigenvalue weighted by Crippen LogP contribution is 2.35. The van der Waals surface area contributed by atoms with Gasteiger partial charge in [0.15, 0.2) is 11.6 Å². The molecule has 0 aromatic carbocycles. The molecule has 2 aromatic heterocycles. The Balaban J connectivity index is 2.69. The Hall–Kier alpha value is -2.46. The molecule has 0 radical (unpaired) electrons. The summed E-state index contributed by atoms with van der Waals surface area (Å²) in [5.41, 5.74) is 7.45. The van der Waals surface area contributed by atoms with Crippen LogP contribution in [0.3, 0.4) is 0 Å². The van der Waals surface area contributed by atoms with Crippen LogP contribution in [0.15, 0.2) is 18.3 Å². The Bertz CT molecular complexity index is 639. The minimum Gasteiger partial charge on any atom is -0.394 e. The molecule has 4 N–H and O–H groups in total. The number of rotatable bonds is 1. The molecule has 2 heterocycles. The largest absolute Gasteiger partial charge is 0.433 e. The zero-order valence-corrected chi connectivity index (χ0v) is 10.00. The van der Waals surface area contributed by atoms with E-state index in [1.165, 1.54) is 0 Å². The molecule has 0 saturated heterocycles. The van der Waals surface area contributed by atoms with Crippen LogP contribution in [0.5, 0.6) is 0 Å². The number of hydrogen-bond donors (Lipinski definition) is 2. The third-order valence-electron chi connectivity index (χ3n) is 2.48. The number of halogens is 6. The van der Waals surface area contributed by atoms with Gasteiger partial charge in [-0.2, -0.15) is 36.1 Å². The summed E-state index contributed by atoms with van der Waals surface area (Å²) >= 11 is 0. The molecule has 0 unspecified atom stereocenters. The molecule has 0 saturated carbocycles. The van der Waals surface area contributed by atoms with E-state index < -0.39 is 29.4 Å². The molecule has 2 rings (SSSR count). The predicted octanol–water partition coefficient (Wildman–Crippen LogP) is 2.47. The maximum absolute atomic E-state index is 12.7. The number of nitrogens with two attached hydrogens (primary N) is 2. The number of nitrogens with zero attached hydrogens (tertiary/aromatic N) is 3. The summed E-state index contributed by atoms with van der Waals surface area (Å²) in [6.07, 6.45) is -9.04. The van der Waals surface area contributed by atoms with Crippen LogP contribution in [0.4, 0.5) is 37.8 Å². The van der Waals surface area contributed by atoms with Crippen LogP contribution in [0, 0.1) is 0 Å². The lowest BCUT2D eigenvalue weighted by molar-refractivity contribution is -0.145. The summed E-state index contributed by atoms with van der Waals surface area (Å²) in [5.74, 6) is -1.04. The van der Waals surface area contributed by atoms with E-state index in [0.29, 0.717) is 10.7 Å². The minimum absolute atomic E-state index is 0.0907. The summed E-state index contributed by atoms with van der Waals surface area (Å²) in [4.78, 5) is 3.10. The molecule has 0 aliphatic rings. The van der Waals surface area contributed by atoms with E-state index in [1.807, 2.05) is 0 Å². The van der Waals surface area contributed by atoms with E-state index in [0.717, 1.165) is 6.20 Å². The van der Waals surface area contributed by atoms with Crippen molar-refractivity contribution >= 4 is 11.5 Å².